The summed E-state index contributed by atoms with van der Waals surface area (Å²) in [5.74, 6) is 0.924. The van der Waals surface area contributed by atoms with Gasteiger partial charge in [0, 0.05) is 11.1 Å². The number of amides is 1. The van der Waals surface area contributed by atoms with Crippen molar-refractivity contribution in [3.8, 4) is 11.5 Å². The Labute approximate surface area is 144 Å². The molecule has 1 amide bonds. The van der Waals surface area contributed by atoms with Crippen LogP contribution < -0.4 is 20.1 Å². The number of carbonyl (C=O) groups is 1. The molecular weight excluding hydrogens is 339 g/mol. The third-order valence-corrected chi connectivity index (χ3v) is 3.60. The van der Waals surface area contributed by atoms with E-state index in [1.807, 2.05) is 0 Å². The Kier molecular flexibility index (Phi) is 5.96. The van der Waals surface area contributed by atoms with Crippen molar-refractivity contribution >= 4 is 40.5 Å². The number of nitrogens with one attached hydrogen (secondary N) is 2. The van der Waals surface area contributed by atoms with Crippen LogP contribution in [0.1, 0.15) is 0 Å². The number of methoxy groups -OCH3 is 2. The zero-order chi connectivity index (χ0) is 16.8. The van der Waals surface area contributed by atoms with Gasteiger partial charge in [-0.1, -0.05) is 23.2 Å². The first kappa shape index (κ1) is 17.2. The molecule has 122 valence electrons. The lowest BCUT2D eigenvalue weighted by molar-refractivity contribution is -0.114. The van der Waals surface area contributed by atoms with E-state index in [-0.39, 0.29) is 12.5 Å². The zero-order valence-electron chi connectivity index (χ0n) is 12.7. The highest BCUT2D eigenvalue weighted by molar-refractivity contribution is 6.36. The topological polar surface area (TPSA) is 59.6 Å². The normalized spacial score (nSPS) is 10.1. The monoisotopic (exact) mass is 354 g/mol. The Bertz CT molecular complexity index is 708. The van der Waals surface area contributed by atoms with E-state index in [0.717, 1.165) is 0 Å². The van der Waals surface area contributed by atoms with E-state index in [1.54, 1.807) is 43.5 Å². The summed E-state index contributed by atoms with van der Waals surface area (Å²) in [5, 5.41) is 6.70. The predicted octanol–water partition coefficient (Wildman–Crippen LogP) is 4.06. The van der Waals surface area contributed by atoms with Crippen LogP contribution in [0.2, 0.25) is 10.0 Å². The van der Waals surface area contributed by atoms with Crippen LogP contribution in [0.25, 0.3) is 0 Å². The molecule has 23 heavy (non-hydrogen) atoms. The van der Waals surface area contributed by atoms with Gasteiger partial charge in [0.05, 0.1) is 37.2 Å². The Balaban J connectivity index is 1.99. The number of ether oxygens (including phenoxy) is 2. The number of hydrogen-bond acceptors (Lipinski definition) is 4. The maximum atomic E-state index is 12.1. The first-order valence-corrected chi connectivity index (χ1v) is 7.50. The Morgan fingerprint density at radius 3 is 2.43 bits per heavy atom. The van der Waals surface area contributed by atoms with E-state index < -0.39 is 0 Å². The van der Waals surface area contributed by atoms with Crippen molar-refractivity contribution < 1.29 is 14.3 Å². The molecule has 2 rings (SSSR count). The molecule has 0 fully saturated rings. The fourth-order valence-corrected chi connectivity index (χ4v) is 2.38. The molecule has 0 unspecified atom stereocenters. The summed E-state index contributed by atoms with van der Waals surface area (Å²) < 4.78 is 10.3. The summed E-state index contributed by atoms with van der Waals surface area (Å²) in [6.45, 7) is 0.0521. The quantitative estimate of drug-likeness (QED) is 0.820. The first-order chi connectivity index (χ1) is 11.0. The summed E-state index contributed by atoms with van der Waals surface area (Å²) >= 11 is 11.9. The fraction of sp³-hybridized carbons (Fsp3) is 0.188. The number of hydrogen-bond donors (Lipinski definition) is 2. The van der Waals surface area contributed by atoms with Crippen LogP contribution >= 0.6 is 23.2 Å². The van der Waals surface area contributed by atoms with Gasteiger partial charge in [-0.05, 0) is 30.3 Å². The zero-order valence-corrected chi connectivity index (χ0v) is 14.2. The molecule has 0 aliphatic carbocycles. The Morgan fingerprint density at radius 1 is 1.04 bits per heavy atom. The average Bonchev–Trinajstić information content (AvgIpc) is 2.54. The van der Waals surface area contributed by atoms with Gasteiger partial charge in [-0.2, -0.15) is 0 Å². The molecule has 0 radical (unpaired) electrons. The minimum absolute atomic E-state index is 0.0521. The van der Waals surface area contributed by atoms with Gasteiger partial charge in [-0.15, -0.1) is 0 Å². The lowest BCUT2D eigenvalue weighted by Crippen LogP contribution is -2.22. The average molecular weight is 355 g/mol. The molecule has 0 bridgehead atoms. The molecule has 2 aromatic carbocycles. The minimum Gasteiger partial charge on any atom is -0.497 e. The van der Waals surface area contributed by atoms with Crippen molar-refractivity contribution in [2.45, 2.75) is 0 Å². The second-order valence-corrected chi connectivity index (χ2v) is 5.44. The third kappa shape index (κ3) is 4.68. The molecule has 0 saturated heterocycles. The molecule has 5 nitrogen and oxygen atoms in total. The van der Waals surface area contributed by atoms with Gasteiger partial charge in [0.25, 0.3) is 0 Å². The van der Waals surface area contributed by atoms with Crippen LogP contribution in [0.3, 0.4) is 0 Å². The van der Waals surface area contributed by atoms with Crippen LogP contribution in [0, 0.1) is 0 Å². The van der Waals surface area contributed by atoms with Gasteiger partial charge in [0.1, 0.15) is 11.5 Å². The standard InChI is InChI=1S/C16H16Cl2N2O3/c1-22-11-4-6-14(15(8-11)23-2)20-16(21)9-19-13-5-3-10(17)7-12(13)18/h3-8,19H,9H2,1-2H3,(H,20,21). The van der Waals surface area contributed by atoms with Gasteiger partial charge in [-0.25, -0.2) is 0 Å². The molecule has 2 N–H and O–H groups in total. The fourth-order valence-electron chi connectivity index (χ4n) is 1.90. The van der Waals surface area contributed by atoms with Crippen molar-refractivity contribution in [2.75, 3.05) is 31.4 Å². The molecule has 0 saturated carbocycles. The van der Waals surface area contributed by atoms with Crippen molar-refractivity contribution in [3.05, 3.63) is 46.4 Å². The summed E-state index contributed by atoms with van der Waals surface area (Å²) in [5.41, 5.74) is 1.19. The summed E-state index contributed by atoms with van der Waals surface area (Å²) in [6, 6.07) is 10.2. The lowest BCUT2D eigenvalue weighted by atomic mass is 10.2. The number of carbonyl (C=O) groups excluding carboxylic acids is 1. The number of anilines is 2. The van der Waals surface area contributed by atoms with Gasteiger partial charge in [-0.3, -0.25) is 4.79 Å². The SMILES string of the molecule is COc1ccc(NC(=O)CNc2ccc(Cl)cc2Cl)c(OC)c1. The Morgan fingerprint density at radius 2 is 1.78 bits per heavy atom. The summed E-state index contributed by atoms with van der Waals surface area (Å²) in [7, 11) is 3.09. The van der Waals surface area contributed by atoms with Crippen molar-refractivity contribution in [1.82, 2.24) is 0 Å². The van der Waals surface area contributed by atoms with Crippen molar-refractivity contribution in [2.24, 2.45) is 0 Å². The molecule has 0 aliphatic rings. The summed E-state index contributed by atoms with van der Waals surface area (Å²) in [6.07, 6.45) is 0. The van der Waals surface area contributed by atoms with Crippen LogP contribution in [-0.2, 0) is 4.79 Å². The van der Waals surface area contributed by atoms with E-state index in [2.05, 4.69) is 10.6 Å². The number of benzene rings is 2. The van der Waals surface area contributed by atoms with Gasteiger partial charge >= 0.3 is 0 Å². The smallest absolute Gasteiger partial charge is 0.243 e. The Hall–Kier alpha value is -2.11. The van der Waals surface area contributed by atoms with Crippen molar-refractivity contribution in [3.63, 3.8) is 0 Å². The first-order valence-electron chi connectivity index (χ1n) is 6.74. The van der Waals surface area contributed by atoms with E-state index in [1.165, 1.54) is 7.11 Å². The van der Waals surface area contributed by atoms with Crippen LogP contribution in [-0.4, -0.2) is 26.7 Å². The van der Waals surface area contributed by atoms with E-state index in [9.17, 15) is 4.79 Å². The number of rotatable bonds is 6. The molecule has 7 heteroatoms. The van der Waals surface area contributed by atoms with Crippen LogP contribution in [0.5, 0.6) is 11.5 Å². The van der Waals surface area contributed by atoms with Crippen LogP contribution in [0.15, 0.2) is 36.4 Å². The molecule has 0 spiro atoms. The molecule has 2 aromatic rings. The second-order valence-electron chi connectivity index (χ2n) is 4.59. The number of halogens is 2. The highest BCUT2D eigenvalue weighted by Crippen LogP contribution is 2.29. The molecule has 0 atom stereocenters. The van der Waals surface area contributed by atoms with E-state index >= 15 is 0 Å². The van der Waals surface area contributed by atoms with E-state index in [4.69, 9.17) is 32.7 Å². The summed E-state index contributed by atoms with van der Waals surface area (Å²) in [4.78, 5) is 12.1. The second kappa shape index (κ2) is 7.94. The molecule has 0 heterocycles. The lowest BCUT2D eigenvalue weighted by Gasteiger charge is -2.13. The predicted molar refractivity (Wildman–Crippen MR) is 93.1 cm³/mol. The van der Waals surface area contributed by atoms with Gasteiger partial charge in [0.15, 0.2) is 0 Å². The van der Waals surface area contributed by atoms with Gasteiger partial charge in [0.2, 0.25) is 5.91 Å². The largest absolute Gasteiger partial charge is 0.497 e. The maximum absolute atomic E-state index is 12.1. The highest BCUT2D eigenvalue weighted by Gasteiger charge is 2.09. The molecular formula is C16H16Cl2N2O3. The third-order valence-electron chi connectivity index (χ3n) is 3.05. The van der Waals surface area contributed by atoms with Crippen LogP contribution in [0.4, 0.5) is 11.4 Å². The van der Waals surface area contributed by atoms with E-state index in [0.29, 0.717) is 32.9 Å². The molecule has 0 aliphatic heterocycles. The maximum Gasteiger partial charge on any atom is 0.243 e. The van der Waals surface area contributed by atoms with Crippen molar-refractivity contribution in [1.29, 1.82) is 0 Å². The van der Waals surface area contributed by atoms with Gasteiger partial charge < -0.3 is 20.1 Å². The highest BCUT2D eigenvalue weighted by atomic mass is 35.5. The molecule has 0 aromatic heterocycles. The minimum atomic E-state index is -0.237.